The second-order valence-corrected chi connectivity index (χ2v) is 10.1. The summed E-state index contributed by atoms with van der Waals surface area (Å²) >= 11 is 0. The highest BCUT2D eigenvalue weighted by Crippen LogP contribution is 2.42. The van der Waals surface area contributed by atoms with Gasteiger partial charge in [0.15, 0.2) is 11.5 Å². The molecule has 6 nitrogen and oxygen atoms in total. The number of aliphatic imine (C=N–C) groups is 1. The Morgan fingerprint density at radius 3 is 2.19 bits per heavy atom. The molecule has 4 bridgehead atoms. The largest absolute Gasteiger partial charge is 0.405 e. The van der Waals surface area contributed by atoms with Crippen LogP contribution in [0.1, 0.15) is 34.9 Å². The lowest BCUT2D eigenvalue weighted by atomic mass is 9.95. The number of fused-ring (bicyclic) bond motifs is 7. The summed E-state index contributed by atoms with van der Waals surface area (Å²) in [5, 5.41) is 0. The lowest BCUT2D eigenvalue weighted by molar-refractivity contribution is -0.0995. The topological polar surface area (TPSA) is 85.5 Å². The molecule has 0 saturated carbocycles. The molecule has 3 aromatic carbocycles. The lowest BCUT2D eigenvalue weighted by Crippen LogP contribution is -2.08. The minimum Gasteiger partial charge on any atom is -0.405 e. The molecule has 6 heteroatoms. The van der Waals surface area contributed by atoms with Crippen molar-refractivity contribution < 1.29 is 9.78 Å². The molecule has 43 heavy (non-hydrogen) atoms. The molecule has 5 aromatic rings. The average Bonchev–Trinajstić information content (AvgIpc) is 3.69. The van der Waals surface area contributed by atoms with Gasteiger partial charge in [0.2, 0.25) is 0 Å². The summed E-state index contributed by atoms with van der Waals surface area (Å²) in [6.07, 6.45) is 11.2. The van der Waals surface area contributed by atoms with Crippen molar-refractivity contribution in [3.63, 3.8) is 0 Å². The van der Waals surface area contributed by atoms with Gasteiger partial charge in [-0.25, -0.2) is 4.99 Å². The monoisotopic (exact) mass is 560 g/mol. The maximum Gasteiger partial charge on any atom is 0.188 e. The summed E-state index contributed by atoms with van der Waals surface area (Å²) in [5.74, 6) is 1.13. The maximum absolute atomic E-state index is 6.10. The van der Waals surface area contributed by atoms with E-state index in [-0.39, 0.29) is 0 Å². The van der Waals surface area contributed by atoms with E-state index in [1.165, 1.54) is 0 Å². The first kappa shape index (κ1) is 26.0. The van der Waals surface area contributed by atoms with E-state index < -0.39 is 0 Å². The number of hydrogen-bond acceptors (Lipinski definition) is 5. The Hall–Kier alpha value is -5.88. The van der Waals surface area contributed by atoms with E-state index in [1.54, 1.807) is 18.6 Å². The molecule has 2 aromatic heterocycles. The zero-order chi connectivity index (χ0) is 29.2. The number of hydrogen-bond donors (Lipinski definition) is 2. The molecule has 0 radical (unpaired) electrons. The molecule has 3 N–H and O–H groups in total. The van der Waals surface area contributed by atoms with Gasteiger partial charge < -0.3 is 10.7 Å². The van der Waals surface area contributed by atoms with Crippen LogP contribution in [0.25, 0.3) is 28.0 Å². The SMILES string of the molecule is C/C=C(\C=C/N)c1cc2[nH]c1-c1ccccc1OOc1ccccc1C1=N/C(=C\2c2ccccc2)C=C1c1ccncc1. The van der Waals surface area contributed by atoms with Gasteiger partial charge in [0, 0.05) is 45.9 Å². The number of pyridine rings is 1. The van der Waals surface area contributed by atoms with Crippen molar-refractivity contribution in [3.05, 3.63) is 168 Å². The molecule has 2 aliphatic heterocycles. The zero-order valence-electron chi connectivity index (χ0n) is 23.5. The number of benzene rings is 3. The summed E-state index contributed by atoms with van der Waals surface area (Å²) in [6, 6.07) is 32.1. The second-order valence-electron chi connectivity index (χ2n) is 10.1. The van der Waals surface area contributed by atoms with Crippen molar-refractivity contribution in [1.29, 1.82) is 0 Å². The minimum absolute atomic E-state index is 0.560. The Bertz CT molecular complexity index is 1980. The fraction of sp³-hybridized carbons (Fsp3) is 0.0270. The maximum atomic E-state index is 6.10. The van der Waals surface area contributed by atoms with Crippen LogP contribution in [0.15, 0.2) is 145 Å². The molecule has 2 aliphatic rings. The van der Waals surface area contributed by atoms with Crippen molar-refractivity contribution in [3.8, 4) is 22.8 Å². The first-order chi connectivity index (χ1) is 21.2. The van der Waals surface area contributed by atoms with Gasteiger partial charge in [-0.05, 0) is 84.4 Å². The van der Waals surface area contributed by atoms with E-state index >= 15 is 0 Å². The van der Waals surface area contributed by atoms with Gasteiger partial charge in [-0.2, -0.15) is 0 Å². The zero-order valence-corrected chi connectivity index (χ0v) is 23.5. The minimum atomic E-state index is 0.560. The Kier molecular flexibility index (Phi) is 6.77. The van der Waals surface area contributed by atoms with E-state index in [1.807, 2.05) is 97.9 Å². The molecule has 0 spiro atoms. The highest BCUT2D eigenvalue weighted by atomic mass is 17.2. The molecule has 0 saturated heterocycles. The van der Waals surface area contributed by atoms with Gasteiger partial charge in [-0.15, -0.1) is 0 Å². The van der Waals surface area contributed by atoms with Crippen molar-refractivity contribution in [2.75, 3.05) is 0 Å². The van der Waals surface area contributed by atoms with Crippen LogP contribution in [0.5, 0.6) is 11.5 Å². The predicted molar refractivity (Wildman–Crippen MR) is 172 cm³/mol. The van der Waals surface area contributed by atoms with Gasteiger partial charge in [0.25, 0.3) is 0 Å². The van der Waals surface area contributed by atoms with Crippen molar-refractivity contribution >= 4 is 22.4 Å². The Labute approximate surface area is 249 Å². The quantitative estimate of drug-likeness (QED) is 0.172. The number of nitrogens with one attached hydrogen (secondary N) is 1. The summed E-state index contributed by atoms with van der Waals surface area (Å²) < 4.78 is 0. The molecule has 0 fully saturated rings. The van der Waals surface area contributed by atoms with Crippen molar-refractivity contribution in [1.82, 2.24) is 9.97 Å². The Morgan fingerprint density at radius 2 is 1.47 bits per heavy atom. The standard InChI is InChI=1S/C37H28N4O2/c1-2-24(16-19-38)29-22-31-35(26-10-4-3-5-11-26)32-23-30(25-17-20-39-21-18-25)37(41-32)28-13-7-9-15-34(28)43-42-33-14-8-6-12-27(33)36(29)40-31/h2-23,40H,38H2,1H3/b19-16-,24-2+,35-32-. The molecule has 0 aliphatic carbocycles. The fourth-order valence-corrected chi connectivity index (χ4v) is 5.59. The molecule has 0 atom stereocenters. The molecule has 7 rings (SSSR count). The third-order valence-corrected chi connectivity index (χ3v) is 7.58. The van der Waals surface area contributed by atoms with E-state index in [0.717, 1.165) is 67.3 Å². The van der Waals surface area contributed by atoms with Crippen LogP contribution in [0.2, 0.25) is 0 Å². The summed E-state index contributed by atoms with van der Waals surface area (Å²) in [7, 11) is 0. The number of nitrogens with zero attached hydrogens (tertiary/aromatic N) is 2. The number of nitrogens with two attached hydrogens (primary N) is 1. The first-order valence-corrected chi connectivity index (χ1v) is 14.1. The van der Waals surface area contributed by atoms with E-state index in [2.05, 4.69) is 34.2 Å². The number of H-pyrrole nitrogens is 1. The van der Waals surface area contributed by atoms with Crippen molar-refractivity contribution in [2.45, 2.75) is 6.92 Å². The van der Waals surface area contributed by atoms with Crippen LogP contribution in [0.3, 0.4) is 0 Å². The van der Waals surface area contributed by atoms with Crippen LogP contribution in [0.4, 0.5) is 0 Å². The van der Waals surface area contributed by atoms with Gasteiger partial charge in [-0.3, -0.25) is 14.8 Å². The molecule has 4 heterocycles. The van der Waals surface area contributed by atoms with E-state index in [9.17, 15) is 0 Å². The highest BCUT2D eigenvalue weighted by Gasteiger charge is 2.27. The van der Waals surface area contributed by atoms with Gasteiger partial charge in [0.1, 0.15) is 0 Å². The highest BCUT2D eigenvalue weighted by molar-refractivity contribution is 6.35. The third-order valence-electron chi connectivity index (χ3n) is 7.58. The molecular formula is C37H28N4O2. The molecular weight excluding hydrogens is 532 g/mol. The van der Waals surface area contributed by atoms with Crippen LogP contribution in [-0.4, -0.2) is 15.7 Å². The van der Waals surface area contributed by atoms with Crippen LogP contribution < -0.4 is 15.5 Å². The van der Waals surface area contributed by atoms with Gasteiger partial charge in [-0.1, -0.05) is 60.7 Å². The lowest BCUT2D eigenvalue weighted by Gasteiger charge is -2.14. The van der Waals surface area contributed by atoms with Gasteiger partial charge >= 0.3 is 0 Å². The number of aromatic nitrogens is 2. The predicted octanol–water partition coefficient (Wildman–Crippen LogP) is 7.98. The number of rotatable bonds is 4. The number of para-hydroxylation sites is 2. The summed E-state index contributed by atoms with van der Waals surface area (Å²) in [5.41, 5.74) is 16.9. The second kappa shape index (κ2) is 11.2. The average molecular weight is 561 g/mol. The van der Waals surface area contributed by atoms with Crippen LogP contribution >= 0.6 is 0 Å². The number of allylic oxidation sites excluding steroid dienone is 5. The Morgan fingerprint density at radius 1 is 0.791 bits per heavy atom. The third kappa shape index (κ3) is 4.75. The van der Waals surface area contributed by atoms with Crippen molar-refractivity contribution in [2.24, 2.45) is 10.7 Å². The van der Waals surface area contributed by atoms with Gasteiger partial charge in [0.05, 0.1) is 17.1 Å². The summed E-state index contributed by atoms with van der Waals surface area (Å²) in [4.78, 5) is 25.5. The molecule has 0 amide bonds. The Balaban J connectivity index is 1.60. The normalized spacial score (nSPS) is 16.1. The van der Waals surface area contributed by atoms with E-state index in [0.29, 0.717) is 11.5 Å². The first-order valence-electron chi connectivity index (χ1n) is 14.1. The van der Waals surface area contributed by atoms with Crippen LogP contribution in [-0.2, 0) is 0 Å². The van der Waals surface area contributed by atoms with E-state index in [4.69, 9.17) is 20.5 Å². The van der Waals surface area contributed by atoms with Crippen LogP contribution in [0, 0.1) is 0 Å². The number of aromatic amines is 1. The fourth-order valence-electron chi connectivity index (χ4n) is 5.59. The molecule has 208 valence electrons. The summed E-state index contributed by atoms with van der Waals surface area (Å²) in [6.45, 7) is 2.00. The molecule has 0 unspecified atom stereocenters. The smallest absolute Gasteiger partial charge is 0.188 e.